The van der Waals surface area contributed by atoms with Gasteiger partial charge in [-0.15, -0.1) is 0 Å². The Bertz CT molecular complexity index is 417. The fourth-order valence-electron chi connectivity index (χ4n) is 2.70. The Labute approximate surface area is 109 Å². The molecule has 18 heavy (non-hydrogen) atoms. The molecule has 1 aromatic carbocycles. The maximum Gasteiger partial charge on any atom is 0.123 e. The molecule has 0 aliphatic heterocycles. The van der Waals surface area contributed by atoms with Crippen molar-refractivity contribution in [2.24, 2.45) is 0 Å². The van der Waals surface area contributed by atoms with Crippen LogP contribution >= 0.6 is 0 Å². The Hall–Kier alpha value is -1.22. The molecule has 1 aromatic rings. The molecular formula is C15H23NO2. The summed E-state index contributed by atoms with van der Waals surface area (Å²) in [6.07, 6.45) is 4.95. The van der Waals surface area contributed by atoms with Gasteiger partial charge in [-0.1, -0.05) is 6.07 Å². The van der Waals surface area contributed by atoms with Crippen molar-refractivity contribution in [3.05, 3.63) is 23.3 Å². The first-order valence-electron chi connectivity index (χ1n) is 6.70. The molecule has 0 amide bonds. The average molecular weight is 249 g/mol. The minimum Gasteiger partial charge on any atom is -0.507 e. The SMILES string of the molecule is COC1CCCC(Nc2ccc(C)c(O)c2C)C1. The number of benzene rings is 1. The van der Waals surface area contributed by atoms with Crippen molar-refractivity contribution in [3.63, 3.8) is 0 Å². The molecule has 0 aromatic heterocycles. The Morgan fingerprint density at radius 1 is 1.28 bits per heavy atom. The van der Waals surface area contributed by atoms with Gasteiger partial charge in [-0.3, -0.25) is 0 Å². The zero-order chi connectivity index (χ0) is 13.1. The highest BCUT2D eigenvalue weighted by Crippen LogP contribution is 2.30. The fourth-order valence-corrected chi connectivity index (χ4v) is 2.70. The molecule has 1 aliphatic rings. The molecule has 2 N–H and O–H groups in total. The molecule has 2 unspecified atom stereocenters. The molecule has 0 saturated heterocycles. The van der Waals surface area contributed by atoms with E-state index in [1.165, 1.54) is 12.8 Å². The van der Waals surface area contributed by atoms with Gasteiger partial charge in [0.2, 0.25) is 0 Å². The average Bonchev–Trinajstić information content (AvgIpc) is 2.40. The summed E-state index contributed by atoms with van der Waals surface area (Å²) in [5.74, 6) is 0.402. The van der Waals surface area contributed by atoms with E-state index in [4.69, 9.17) is 4.74 Å². The second-order valence-corrected chi connectivity index (χ2v) is 5.27. The van der Waals surface area contributed by atoms with Crippen LogP contribution in [0.3, 0.4) is 0 Å². The van der Waals surface area contributed by atoms with Gasteiger partial charge in [0.15, 0.2) is 0 Å². The number of methoxy groups -OCH3 is 1. The third kappa shape index (κ3) is 2.78. The Balaban J connectivity index is 2.07. The van der Waals surface area contributed by atoms with Gasteiger partial charge < -0.3 is 15.2 Å². The Kier molecular flexibility index (Phi) is 4.12. The molecule has 1 saturated carbocycles. The summed E-state index contributed by atoms with van der Waals surface area (Å²) in [5, 5.41) is 13.5. The van der Waals surface area contributed by atoms with Crippen LogP contribution in [0.4, 0.5) is 5.69 Å². The molecule has 0 heterocycles. The highest BCUT2D eigenvalue weighted by molar-refractivity contribution is 5.59. The quantitative estimate of drug-likeness (QED) is 0.863. The van der Waals surface area contributed by atoms with Crippen molar-refractivity contribution < 1.29 is 9.84 Å². The molecule has 0 bridgehead atoms. The maximum atomic E-state index is 9.95. The molecule has 2 atom stereocenters. The monoisotopic (exact) mass is 249 g/mol. The summed E-state index contributed by atoms with van der Waals surface area (Å²) >= 11 is 0. The van der Waals surface area contributed by atoms with Gasteiger partial charge in [-0.05, 0) is 51.2 Å². The summed E-state index contributed by atoms with van der Waals surface area (Å²) in [6.45, 7) is 3.88. The number of aromatic hydroxyl groups is 1. The number of anilines is 1. The Morgan fingerprint density at radius 3 is 2.78 bits per heavy atom. The number of ether oxygens (including phenoxy) is 1. The molecule has 3 nitrogen and oxygen atoms in total. The fraction of sp³-hybridized carbons (Fsp3) is 0.600. The van der Waals surface area contributed by atoms with Crippen LogP contribution in [0, 0.1) is 13.8 Å². The lowest BCUT2D eigenvalue weighted by Crippen LogP contribution is -2.31. The first-order valence-corrected chi connectivity index (χ1v) is 6.70. The van der Waals surface area contributed by atoms with Gasteiger partial charge in [-0.25, -0.2) is 0 Å². The summed E-state index contributed by atoms with van der Waals surface area (Å²) in [7, 11) is 1.79. The number of hydrogen-bond acceptors (Lipinski definition) is 3. The van der Waals surface area contributed by atoms with E-state index in [0.717, 1.165) is 29.7 Å². The Morgan fingerprint density at radius 2 is 2.06 bits per heavy atom. The van der Waals surface area contributed by atoms with E-state index in [1.807, 2.05) is 19.9 Å². The first kappa shape index (κ1) is 13.2. The molecule has 2 rings (SSSR count). The topological polar surface area (TPSA) is 41.5 Å². The van der Waals surface area contributed by atoms with Crippen LogP contribution in [-0.4, -0.2) is 24.4 Å². The molecule has 1 fully saturated rings. The van der Waals surface area contributed by atoms with E-state index < -0.39 is 0 Å². The van der Waals surface area contributed by atoms with Gasteiger partial charge in [0.25, 0.3) is 0 Å². The van der Waals surface area contributed by atoms with Crippen LogP contribution < -0.4 is 5.32 Å². The van der Waals surface area contributed by atoms with Crippen LogP contribution in [0.5, 0.6) is 5.75 Å². The highest BCUT2D eigenvalue weighted by atomic mass is 16.5. The number of phenolic OH excluding ortho intramolecular Hbond substituents is 1. The second-order valence-electron chi connectivity index (χ2n) is 5.27. The molecule has 3 heteroatoms. The zero-order valence-corrected chi connectivity index (χ0v) is 11.5. The number of nitrogens with one attached hydrogen (secondary N) is 1. The van der Waals surface area contributed by atoms with Gasteiger partial charge >= 0.3 is 0 Å². The molecule has 0 radical (unpaired) electrons. The molecular weight excluding hydrogens is 226 g/mol. The van der Waals surface area contributed by atoms with Crippen LogP contribution in [0.2, 0.25) is 0 Å². The lowest BCUT2D eigenvalue weighted by molar-refractivity contribution is 0.0669. The van der Waals surface area contributed by atoms with E-state index in [9.17, 15) is 5.11 Å². The van der Waals surface area contributed by atoms with Crippen LogP contribution in [-0.2, 0) is 4.74 Å². The van der Waals surface area contributed by atoms with Gasteiger partial charge in [-0.2, -0.15) is 0 Å². The van der Waals surface area contributed by atoms with Crippen LogP contribution in [0.15, 0.2) is 12.1 Å². The number of phenols is 1. The minimum atomic E-state index is 0.371. The summed E-state index contributed by atoms with van der Waals surface area (Å²) in [5.41, 5.74) is 2.91. The van der Waals surface area contributed by atoms with E-state index in [0.29, 0.717) is 17.9 Å². The number of hydrogen-bond donors (Lipinski definition) is 2. The van der Waals surface area contributed by atoms with Crippen LogP contribution in [0.1, 0.15) is 36.8 Å². The predicted molar refractivity (Wildman–Crippen MR) is 74.3 cm³/mol. The van der Waals surface area contributed by atoms with Crippen molar-refractivity contribution in [2.45, 2.75) is 51.7 Å². The summed E-state index contributed by atoms with van der Waals surface area (Å²) in [6, 6.07) is 4.46. The van der Waals surface area contributed by atoms with E-state index in [-0.39, 0.29) is 0 Å². The third-order valence-electron chi connectivity index (χ3n) is 3.95. The summed E-state index contributed by atoms with van der Waals surface area (Å²) < 4.78 is 5.44. The second kappa shape index (κ2) is 5.61. The van der Waals surface area contributed by atoms with Crippen molar-refractivity contribution in [1.29, 1.82) is 0 Å². The van der Waals surface area contributed by atoms with E-state index in [2.05, 4.69) is 11.4 Å². The van der Waals surface area contributed by atoms with Crippen molar-refractivity contribution in [3.8, 4) is 5.75 Å². The third-order valence-corrected chi connectivity index (χ3v) is 3.95. The maximum absolute atomic E-state index is 9.95. The van der Waals surface area contributed by atoms with Crippen molar-refractivity contribution >= 4 is 5.69 Å². The minimum absolute atomic E-state index is 0.371. The number of rotatable bonds is 3. The predicted octanol–water partition coefficient (Wildman–Crippen LogP) is 3.38. The smallest absolute Gasteiger partial charge is 0.123 e. The largest absolute Gasteiger partial charge is 0.507 e. The van der Waals surface area contributed by atoms with Gasteiger partial charge in [0.05, 0.1) is 6.10 Å². The van der Waals surface area contributed by atoms with Gasteiger partial charge in [0.1, 0.15) is 5.75 Å². The van der Waals surface area contributed by atoms with E-state index in [1.54, 1.807) is 7.11 Å². The lowest BCUT2D eigenvalue weighted by Gasteiger charge is -2.30. The van der Waals surface area contributed by atoms with E-state index >= 15 is 0 Å². The van der Waals surface area contributed by atoms with Crippen molar-refractivity contribution in [2.75, 3.05) is 12.4 Å². The lowest BCUT2D eigenvalue weighted by atomic mass is 9.92. The summed E-state index contributed by atoms with van der Waals surface area (Å²) in [4.78, 5) is 0. The standard InChI is InChI=1S/C15H23NO2/c1-10-7-8-14(11(2)15(10)17)16-12-5-4-6-13(9-12)18-3/h7-8,12-13,16-17H,4-6,9H2,1-3H3. The highest BCUT2D eigenvalue weighted by Gasteiger charge is 2.22. The molecule has 1 aliphatic carbocycles. The zero-order valence-electron chi connectivity index (χ0n) is 11.5. The normalized spacial score (nSPS) is 23.9. The molecule has 0 spiro atoms. The number of aryl methyl sites for hydroxylation is 1. The van der Waals surface area contributed by atoms with Crippen molar-refractivity contribution in [1.82, 2.24) is 0 Å². The van der Waals surface area contributed by atoms with Gasteiger partial charge in [0, 0.05) is 24.4 Å². The van der Waals surface area contributed by atoms with Crippen LogP contribution in [0.25, 0.3) is 0 Å². The molecule has 100 valence electrons. The first-order chi connectivity index (χ1) is 8.61.